The van der Waals surface area contributed by atoms with Crippen molar-refractivity contribution in [1.82, 2.24) is 5.48 Å². The summed E-state index contributed by atoms with van der Waals surface area (Å²) in [4.78, 5) is 25.6. The van der Waals surface area contributed by atoms with Crippen molar-refractivity contribution >= 4 is 11.9 Å². The van der Waals surface area contributed by atoms with Gasteiger partial charge in [-0.05, 0) is 13.8 Å². The highest BCUT2D eigenvalue weighted by atomic mass is 16.6. The van der Waals surface area contributed by atoms with Gasteiger partial charge in [0.25, 0.3) is 5.91 Å². The number of nitrogens with one attached hydrogen (secondary N) is 1. The molecule has 0 aliphatic carbocycles. The zero-order valence-corrected chi connectivity index (χ0v) is 7.17. The summed E-state index contributed by atoms with van der Waals surface area (Å²) in [6.45, 7) is 2.77. The summed E-state index contributed by atoms with van der Waals surface area (Å²) in [5.41, 5.74) is 2.15. The molecule has 0 aliphatic rings. The molecule has 0 saturated heterocycles. The summed E-state index contributed by atoms with van der Waals surface area (Å²) in [6, 6.07) is 0. The number of carbonyl (C=O) groups excluding carboxylic acids is 1. The quantitative estimate of drug-likeness (QED) is 0.468. The van der Waals surface area contributed by atoms with Gasteiger partial charge in [-0.3, -0.25) is 9.63 Å². The molecule has 0 atom stereocenters. The lowest BCUT2D eigenvalue weighted by Gasteiger charge is -2.03. The van der Waals surface area contributed by atoms with E-state index in [0.717, 1.165) is 0 Å². The maximum absolute atomic E-state index is 10.9. The number of carbonyl (C=O) groups is 2. The number of hydrogen-bond acceptors (Lipinski definition) is 3. The maximum Gasteiger partial charge on any atom is 0.331 e. The Kier molecular flexibility index (Phi) is 3.99. The van der Waals surface area contributed by atoms with E-state index in [1.54, 1.807) is 0 Å². The van der Waals surface area contributed by atoms with Crippen LogP contribution in [0.25, 0.3) is 0 Å². The average Bonchev–Trinajstić information content (AvgIpc) is 2.02. The van der Waals surface area contributed by atoms with Gasteiger partial charge in [0.15, 0.2) is 0 Å². The lowest BCUT2D eigenvalue weighted by atomic mass is 10.1. The highest BCUT2D eigenvalue weighted by Crippen LogP contribution is 2.02. The summed E-state index contributed by atoms with van der Waals surface area (Å²) < 4.78 is 0. The van der Waals surface area contributed by atoms with E-state index in [1.807, 2.05) is 5.48 Å². The number of hydrogen-bond donors (Lipinski definition) is 2. The average molecular weight is 173 g/mol. The molecule has 0 bridgehead atoms. The van der Waals surface area contributed by atoms with Crippen molar-refractivity contribution in [2.75, 3.05) is 7.11 Å². The van der Waals surface area contributed by atoms with Crippen LogP contribution in [0, 0.1) is 0 Å². The van der Waals surface area contributed by atoms with Gasteiger partial charge in [-0.2, -0.15) is 0 Å². The number of rotatable bonds is 3. The molecule has 5 nitrogen and oxygen atoms in total. The molecule has 0 aromatic carbocycles. The zero-order chi connectivity index (χ0) is 9.72. The van der Waals surface area contributed by atoms with Gasteiger partial charge < -0.3 is 5.11 Å². The van der Waals surface area contributed by atoms with Crippen LogP contribution in [0.2, 0.25) is 0 Å². The van der Waals surface area contributed by atoms with Crippen molar-refractivity contribution in [3.63, 3.8) is 0 Å². The summed E-state index contributed by atoms with van der Waals surface area (Å²) in [6.07, 6.45) is 0. The Morgan fingerprint density at radius 3 is 2.08 bits per heavy atom. The van der Waals surface area contributed by atoms with E-state index in [9.17, 15) is 9.59 Å². The molecule has 2 N–H and O–H groups in total. The van der Waals surface area contributed by atoms with Crippen LogP contribution in [0.3, 0.4) is 0 Å². The second kappa shape index (κ2) is 4.50. The number of aliphatic carboxylic acids is 1. The van der Waals surface area contributed by atoms with Gasteiger partial charge >= 0.3 is 5.97 Å². The second-order valence-corrected chi connectivity index (χ2v) is 2.19. The fourth-order valence-corrected chi connectivity index (χ4v) is 0.500. The van der Waals surface area contributed by atoms with E-state index in [4.69, 9.17) is 5.11 Å². The predicted octanol–water partition coefficient (Wildman–Crippen LogP) is 0.0850. The molecule has 0 rings (SSSR count). The van der Waals surface area contributed by atoms with E-state index in [1.165, 1.54) is 21.0 Å². The van der Waals surface area contributed by atoms with Gasteiger partial charge in [-0.15, -0.1) is 0 Å². The van der Waals surface area contributed by atoms with Crippen molar-refractivity contribution < 1.29 is 19.5 Å². The van der Waals surface area contributed by atoms with Crippen LogP contribution in [-0.2, 0) is 14.4 Å². The molecule has 68 valence electrons. The van der Waals surface area contributed by atoms with E-state index in [0.29, 0.717) is 0 Å². The Balaban J connectivity index is 4.55. The van der Waals surface area contributed by atoms with Crippen LogP contribution in [0.5, 0.6) is 0 Å². The fraction of sp³-hybridized carbons (Fsp3) is 0.429. The number of hydroxylamine groups is 1. The van der Waals surface area contributed by atoms with Gasteiger partial charge in [0, 0.05) is 11.1 Å². The standard InChI is InChI=1S/C7H11NO4/c1-4(5(2)7(10)11)6(9)8-12-3/h1-3H3,(H,8,9)(H,10,11)/b5-4+. The maximum atomic E-state index is 10.9. The molecule has 0 unspecified atom stereocenters. The molecule has 0 fully saturated rings. The Morgan fingerprint density at radius 2 is 1.75 bits per heavy atom. The van der Waals surface area contributed by atoms with Gasteiger partial charge in [-0.25, -0.2) is 10.3 Å². The molecule has 0 radical (unpaired) electrons. The van der Waals surface area contributed by atoms with E-state index >= 15 is 0 Å². The van der Waals surface area contributed by atoms with Crippen LogP contribution in [0.15, 0.2) is 11.1 Å². The summed E-state index contributed by atoms with van der Waals surface area (Å²) in [5.74, 6) is -1.66. The molecule has 0 aromatic rings. The smallest absolute Gasteiger partial charge is 0.331 e. The molecule has 0 saturated carbocycles. The highest BCUT2D eigenvalue weighted by molar-refractivity contribution is 6.00. The first-order valence-electron chi connectivity index (χ1n) is 3.24. The molecule has 12 heavy (non-hydrogen) atoms. The van der Waals surface area contributed by atoms with Crippen LogP contribution in [0.1, 0.15) is 13.8 Å². The minimum Gasteiger partial charge on any atom is -0.478 e. The highest BCUT2D eigenvalue weighted by Gasteiger charge is 2.11. The minimum absolute atomic E-state index is 0.00421. The topological polar surface area (TPSA) is 75.6 Å². The van der Waals surface area contributed by atoms with Crippen molar-refractivity contribution in [2.45, 2.75) is 13.8 Å². The number of carboxylic acids is 1. The first-order valence-corrected chi connectivity index (χ1v) is 3.24. The molecule has 1 amide bonds. The molecular formula is C7H11NO4. The first-order chi connectivity index (χ1) is 5.50. The number of amides is 1. The largest absolute Gasteiger partial charge is 0.478 e. The number of carboxylic acid groups (broad SMARTS) is 1. The van der Waals surface area contributed by atoms with Crippen LogP contribution < -0.4 is 5.48 Å². The molecule has 0 aliphatic heterocycles. The van der Waals surface area contributed by atoms with Gasteiger partial charge in [-0.1, -0.05) is 0 Å². The molecule has 0 aromatic heterocycles. The Bertz CT molecular complexity index is 232. The van der Waals surface area contributed by atoms with Crippen LogP contribution in [-0.4, -0.2) is 24.1 Å². The summed E-state index contributed by atoms with van der Waals surface area (Å²) in [5, 5.41) is 8.49. The minimum atomic E-state index is -1.11. The Labute approximate surface area is 70.0 Å². The molecule has 5 heteroatoms. The monoisotopic (exact) mass is 173 g/mol. The van der Waals surface area contributed by atoms with Crippen molar-refractivity contribution in [3.05, 3.63) is 11.1 Å². The first kappa shape index (κ1) is 10.6. The molecular weight excluding hydrogens is 162 g/mol. The molecule has 0 spiro atoms. The van der Waals surface area contributed by atoms with Crippen LogP contribution >= 0.6 is 0 Å². The lowest BCUT2D eigenvalue weighted by molar-refractivity contribution is -0.133. The third-order valence-electron chi connectivity index (χ3n) is 1.42. The lowest BCUT2D eigenvalue weighted by Crippen LogP contribution is -2.24. The van der Waals surface area contributed by atoms with Gasteiger partial charge in [0.2, 0.25) is 0 Å². The summed E-state index contributed by atoms with van der Waals surface area (Å²) in [7, 11) is 1.28. The second-order valence-electron chi connectivity index (χ2n) is 2.19. The van der Waals surface area contributed by atoms with E-state index in [2.05, 4.69) is 4.84 Å². The fourth-order valence-electron chi connectivity index (χ4n) is 0.500. The van der Waals surface area contributed by atoms with Gasteiger partial charge in [0.1, 0.15) is 0 Å². The Morgan fingerprint density at radius 1 is 1.25 bits per heavy atom. The van der Waals surface area contributed by atoms with Crippen molar-refractivity contribution in [3.8, 4) is 0 Å². The van der Waals surface area contributed by atoms with Crippen LogP contribution in [0.4, 0.5) is 0 Å². The summed E-state index contributed by atoms with van der Waals surface area (Å²) >= 11 is 0. The third-order valence-corrected chi connectivity index (χ3v) is 1.42. The third kappa shape index (κ3) is 2.71. The Hall–Kier alpha value is -1.36. The SMILES string of the molecule is CONC(=O)/C(C)=C(\C)C(=O)O. The van der Waals surface area contributed by atoms with Gasteiger partial charge in [0.05, 0.1) is 7.11 Å². The normalized spacial score (nSPS) is 11.9. The zero-order valence-electron chi connectivity index (χ0n) is 7.17. The predicted molar refractivity (Wildman–Crippen MR) is 41.2 cm³/mol. The van der Waals surface area contributed by atoms with E-state index < -0.39 is 11.9 Å². The van der Waals surface area contributed by atoms with E-state index in [-0.39, 0.29) is 11.1 Å². The van der Waals surface area contributed by atoms with Crippen molar-refractivity contribution in [1.29, 1.82) is 0 Å². The van der Waals surface area contributed by atoms with Crippen molar-refractivity contribution in [2.24, 2.45) is 0 Å². The molecule has 0 heterocycles.